The zero-order chi connectivity index (χ0) is 27.4. The molecule has 7 nitrogen and oxygen atoms in total. The van der Waals surface area contributed by atoms with Gasteiger partial charge >= 0.3 is 6.18 Å². The molecule has 1 aliphatic heterocycles. The molecule has 37 heavy (non-hydrogen) atoms. The molecule has 1 aromatic heterocycles. The van der Waals surface area contributed by atoms with Crippen molar-refractivity contribution in [2.45, 2.75) is 84.0 Å². The van der Waals surface area contributed by atoms with Gasteiger partial charge < -0.3 is 19.9 Å². The van der Waals surface area contributed by atoms with Crippen molar-refractivity contribution in [2.75, 3.05) is 25.0 Å². The number of aromatic nitrogens is 2. The van der Waals surface area contributed by atoms with E-state index in [0.29, 0.717) is 24.7 Å². The Morgan fingerprint density at radius 1 is 1.22 bits per heavy atom. The summed E-state index contributed by atoms with van der Waals surface area (Å²) in [5.74, 6) is -1.34. The summed E-state index contributed by atoms with van der Waals surface area (Å²) in [5.41, 5.74) is -1.77. The topological polar surface area (TPSA) is 71.4 Å². The number of nitrogens with zero attached hydrogens (tertiary/aromatic N) is 3. The zero-order valence-electron chi connectivity index (χ0n) is 22.0. The van der Waals surface area contributed by atoms with E-state index in [1.54, 1.807) is 12.5 Å². The summed E-state index contributed by atoms with van der Waals surface area (Å²) in [6, 6.07) is 2.41. The third-order valence-corrected chi connectivity index (χ3v) is 6.46. The van der Waals surface area contributed by atoms with E-state index in [1.807, 2.05) is 11.5 Å². The normalized spacial score (nSPS) is 20.1. The number of carbonyl (C=O) groups excluding carboxylic acids is 1. The van der Waals surface area contributed by atoms with Gasteiger partial charge in [0.2, 0.25) is 5.91 Å². The number of halogens is 4. The van der Waals surface area contributed by atoms with Crippen LogP contribution in [0, 0.1) is 5.82 Å². The van der Waals surface area contributed by atoms with Crippen molar-refractivity contribution in [3.63, 3.8) is 0 Å². The van der Waals surface area contributed by atoms with Gasteiger partial charge in [-0.1, -0.05) is 25.5 Å². The molecule has 0 bridgehead atoms. The maximum atomic E-state index is 14.4. The number of anilines is 1. The fourth-order valence-corrected chi connectivity index (χ4v) is 4.76. The second-order valence-electron chi connectivity index (χ2n) is 10.4. The number of benzene rings is 1. The number of alkyl halides is 3. The van der Waals surface area contributed by atoms with Crippen LogP contribution >= 0.6 is 0 Å². The van der Waals surface area contributed by atoms with Crippen LogP contribution in [0.5, 0.6) is 0 Å². The Labute approximate surface area is 215 Å². The first-order valence-electron chi connectivity index (χ1n) is 12.6. The highest BCUT2D eigenvalue weighted by atomic mass is 19.4. The second-order valence-corrected chi connectivity index (χ2v) is 10.4. The van der Waals surface area contributed by atoms with Crippen LogP contribution in [0.15, 0.2) is 30.7 Å². The number of ether oxygens (including phenoxy) is 1. The molecule has 2 aromatic rings. The molecule has 3 rings (SSSR count). The molecule has 2 N–H and O–H groups in total. The Morgan fingerprint density at radius 2 is 1.89 bits per heavy atom. The van der Waals surface area contributed by atoms with Crippen molar-refractivity contribution in [3.05, 3.63) is 47.7 Å². The monoisotopic (exact) mass is 527 g/mol. The van der Waals surface area contributed by atoms with Gasteiger partial charge in [0.05, 0.1) is 35.7 Å². The van der Waals surface area contributed by atoms with E-state index in [0.717, 1.165) is 25.7 Å². The number of rotatable bonds is 10. The average molecular weight is 528 g/mol. The first-order valence-corrected chi connectivity index (χ1v) is 12.6. The van der Waals surface area contributed by atoms with Gasteiger partial charge in [-0.15, -0.1) is 0 Å². The van der Waals surface area contributed by atoms with Gasteiger partial charge in [-0.05, 0) is 40.2 Å². The Hall–Kier alpha value is -2.50. The molecule has 206 valence electrons. The third kappa shape index (κ3) is 7.75. The van der Waals surface area contributed by atoms with Gasteiger partial charge in [0.15, 0.2) is 5.82 Å². The summed E-state index contributed by atoms with van der Waals surface area (Å²) in [6.45, 7) is 12.4. The Balaban J connectivity index is 1.63. The molecule has 0 unspecified atom stereocenters. The number of carbonyl (C=O) groups is 1. The molecular weight excluding hydrogens is 490 g/mol. The Morgan fingerprint density at radius 3 is 2.51 bits per heavy atom. The quantitative estimate of drug-likeness (QED) is 0.435. The van der Waals surface area contributed by atoms with Crippen LogP contribution in [0.25, 0.3) is 0 Å². The number of amides is 1. The van der Waals surface area contributed by atoms with Crippen LogP contribution in [0.2, 0.25) is 0 Å². The molecule has 1 fully saturated rings. The van der Waals surface area contributed by atoms with Crippen LogP contribution in [0.1, 0.15) is 58.6 Å². The van der Waals surface area contributed by atoms with Crippen molar-refractivity contribution in [3.8, 4) is 0 Å². The van der Waals surface area contributed by atoms with Crippen molar-refractivity contribution in [1.29, 1.82) is 0 Å². The van der Waals surface area contributed by atoms with E-state index in [9.17, 15) is 22.4 Å². The van der Waals surface area contributed by atoms with Gasteiger partial charge in [-0.2, -0.15) is 13.2 Å². The lowest BCUT2D eigenvalue weighted by Gasteiger charge is -2.40. The molecule has 1 saturated heterocycles. The van der Waals surface area contributed by atoms with Gasteiger partial charge in [0.25, 0.3) is 0 Å². The minimum Gasteiger partial charge on any atom is -0.373 e. The molecule has 11 heteroatoms. The Bertz CT molecular complexity index is 1050. The molecule has 3 atom stereocenters. The van der Waals surface area contributed by atoms with Crippen LogP contribution in [-0.4, -0.2) is 58.2 Å². The molecule has 2 heterocycles. The minimum atomic E-state index is -4.79. The number of morpholine rings is 1. The standard InChI is InChI=1S/C26H37F4N5O2/c1-6-8-21(31-11-19-9-7-10-20(23(19)27)26(28,29)30)24(36)33-22-14-35(16-32-22)25(4,5)15-34-12-17(2)37-18(3)13-34/h7,9-10,14,16-18,21,31H,6,8,11-13,15H2,1-5H3,(H,33,36)/t17-,18+,21-/m0/s1. The first-order chi connectivity index (χ1) is 17.3. The van der Waals surface area contributed by atoms with E-state index in [4.69, 9.17) is 4.74 Å². The Kier molecular flexibility index (Phi) is 9.36. The van der Waals surface area contributed by atoms with E-state index in [1.165, 1.54) is 6.07 Å². The lowest BCUT2D eigenvalue weighted by molar-refractivity contribution is -0.140. The first kappa shape index (κ1) is 29.1. The highest BCUT2D eigenvalue weighted by Crippen LogP contribution is 2.32. The van der Waals surface area contributed by atoms with E-state index in [-0.39, 0.29) is 35.8 Å². The predicted molar refractivity (Wildman–Crippen MR) is 134 cm³/mol. The molecule has 0 radical (unpaired) electrons. The summed E-state index contributed by atoms with van der Waals surface area (Å²) < 4.78 is 61.2. The van der Waals surface area contributed by atoms with Gasteiger partial charge in [-0.25, -0.2) is 9.37 Å². The SMILES string of the molecule is CCC[C@H](NCc1cccc(C(F)(F)F)c1F)C(=O)Nc1cn(C(C)(C)CN2C[C@@H](C)O[C@@H](C)C2)cn1. The fraction of sp³-hybridized carbons (Fsp3) is 0.615. The van der Waals surface area contributed by atoms with Crippen molar-refractivity contribution < 1.29 is 27.1 Å². The van der Waals surface area contributed by atoms with Crippen LogP contribution < -0.4 is 10.6 Å². The van der Waals surface area contributed by atoms with Gasteiger partial charge in [0, 0.05) is 37.9 Å². The summed E-state index contributed by atoms with van der Waals surface area (Å²) >= 11 is 0. The minimum absolute atomic E-state index is 0.151. The number of hydrogen-bond acceptors (Lipinski definition) is 5. The largest absolute Gasteiger partial charge is 0.419 e. The molecule has 1 amide bonds. The van der Waals surface area contributed by atoms with Crippen molar-refractivity contribution in [2.24, 2.45) is 0 Å². The van der Waals surface area contributed by atoms with Crippen LogP contribution in [0.4, 0.5) is 23.4 Å². The predicted octanol–water partition coefficient (Wildman–Crippen LogP) is 4.78. The smallest absolute Gasteiger partial charge is 0.373 e. The summed E-state index contributed by atoms with van der Waals surface area (Å²) in [4.78, 5) is 19.7. The number of imidazole rings is 1. The van der Waals surface area contributed by atoms with E-state index in [2.05, 4.69) is 48.2 Å². The van der Waals surface area contributed by atoms with Crippen molar-refractivity contribution in [1.82, 2.24) is 19.8 Å². The zero-order valence-corrected chi connectivity index (χ0v) is 22.0. The van der Waals surface area contributed by atoms with Crippen LogP contribution in [0.3, 0.4) is 0 Å². The highest BCUT2D eigenvalue weighted by molar-refractivity contribution is 5.93. The van der Waals surface area contributed by atoms with E-state index >= 15 is 0 Å². The summed E-state index contributed by atoms with van der Waals surface area (Å²) in [5, 5.41) is 5.69. The highest BCUT2D eigenvalue weighted by Gasteiger charge is 2.35. The fourth-order valence-electron chi connectivity index (χ4n) is 4.76. The third-order valence-electron chi connectivity index (χ3n) is 6.46. The van der Waals surface area contributed by atoms with Gasteiger partial charge in [0.1, 0.15) is 5.82 Å². The molecule has 0 spiro atoms. The lowest BCUT2D eigenvalue weighted by Crippen LogP contribution is -2.50. The molecule has 0 saturated carbocycles. The van der Waals surface area contributed by atoms with E-state index < -0.39 is 23.6 Å². The molecular formula is C26H37F4N5O2. The average Bonchev–Trinajstić information content (AvgIpc) is 3.25. The molecule has 1 aromatic carbocycles. The second kappa shape index (κ2) is 11.9. The maximum Gasteiger partial charge on any atom is 0.419 e. The van der Waals surface area contributed by atoms with Crippen molar-refractivity contribution >= 4 is 11.7 Å². The number of hydrogen-bond donors (Lipinski definition) is 2. The van der Waals surface area contributed by atoms with Gasteiger partial charge in [-0.3, -0.25) is 9.69 Å². The molecule has 1 aliphatic rings. The maximum absolute atomic E-state index is 14.4. The summed E-state index contributed by atoms with van der Waals surface area (Å²) in [7, 11) is 0. The molecule has 0 aliphatic carbocycles. The van der Waals surface area contributed by atoms with Crippen LogP contribution in [-0.2, 0) is 27.8 Å². The summed E-state index contributed by atoms with van der Waals surface area (Å²) in [6.07, 6.45) is 0.0314. The lowest BCUT2D eigenvalue weighted by atomic mass is 10.0. The number of nitrogens with one attached hydrogen (secondary N) is 2.